The molecule has 1 aromatic heterocycles. The van der Waals surface area contributed by atoms with E-state index in [-0.39, 0.29) is 35.1 Å². The molecule has 0 spiro atoms. The van der Waals surface area contributed by atoms with Gasteiger partial charge in [0.1, 0.15) is 11.4 Å². The number of hydrogen-bond acceptors (Lipinski definition) is 9. The van der Waals surface area contributed by atoms with E-state index in [1.165, 1.54) is 7.11 Å². The maximum atomic E-state index is 12.4. The predicted octanol–water partition coefficient (Wildman–Crippen LogP) is 2.07. The molecule has 11 nitrogen and oxygen atoms in total. The largest absolute Gasteiger partial charge is 0.497 e. The van der Waals surface area contributed by atoms with Crippen LogP contribution in [0.1, 0.15) is 10.4 Å². The van der Waals surface area contributed by atoms with Crippen LogP contribution in [0.2, 0.25) is 0 Å². The average Bonchev–Trinajstić information content (AvgIpc) is 3.28. The van der Waals surface area contributed by atoms with Crippen molar-refractivity contribution in [3.8, 4) is 17.2 Å². The van der Waals surface area contributed by atoms with Gasteiger partial charge in [-0.25, -0.2) is 4.98 Å². The van der Waals surface area contributed by atoms with Crippen LogP contribution in [0.25, 0.3) is 0 Å². The van der Waals surface area contributed by atoms with Crippen molar-refractivity contribution >= 4 is 40.8 Å². The molecule has 2 amide bonds. The maximum absolute atomic E-state index is 12.4. The number of fused-ring (bicyclic) bond motifs is 1. The van der Waals surface area contributed by atoms with Crippen molar-refractivity contribution in [1.82, 2.24) is 9.97 Å². The molecule has 1 aliphatic heterocycles. The zero-order valence-electron chi connectivity index (χ0n) is 17.3. The molecule has 170 valence electrons. The molecule has 3 aromatic rings. The van der Waals surface area contributed by atoms with Gasteiger partial charge >= 0.3 is 0 Å². The van der Waals surface area contributed by atoms with E-state index in [1.54, 1.807) is 42.5 Å². The molecule has 0 saturated carbocycles. The van der Waals surface area contributed by atoms with Crippen LogP contribution >= 0.6 is 11.8 Å². The standard InChI is InChI=1S/C21H19N5O6S/c1-30-13-5-2-11(3-6-13)19(28)24-17-18(22)25-21(26-20(17)29)33-9-16(27)23-12-4-7-14-15(8-12)32-10-31-14/h2-8H,9-10H2,1H3,(H,23,27)(H,24,28)(H3,22,25,26,29). The first kappa shape index (κ1) is 22.0. The van der Waals surface area contributed by atoms with Crippen molar-refractivity contribution in [3.05, 3.63) is 58.4 Å². The molecule has 0 bridgehead atoms. The monoisotopic (exact) mass is 469 g/mol. The number of nitrogens with zero attached hydrogens (tertiary/aromatic N) is 1. The Morgan fingerprint density at radius 1 is 1.15 bits per heavy atom. The number of aromatic nitrogens is 2. The number of methoxy groups -OCH3 is 1. The number of ether oxygens (including phenoxy) is 3. The first-order chi connectivity index (χ1) is 15.9. The van der Waals surface area contributed by atoms with E-state index in [1.807, 2.05) is 0 Å². The number of benzene rings is 2. The van der Waals surface area contributed by atoms with Crippen LogP contribution in [0.15, 0.2) is 52.4 Å². The lowest BCUT2D eigenvalue weighted by molar-refractivity contribution is -0.113. The average molecular weight is 469 g/mol. The van der Waals surface area contributed by atoms with Gasteiger partial charge < -0.3 is 30.6 Å². The van der Waals surface area contributed by atoms with Crippen LogP contribution in [0, 0.1) is 0 Å². The number of carbonyl (C=O) groups excluding carboxylic acids is 2. The van der Waals surface area contributed by atoms with Gasteiger partial charge in [-0.3, -0.25) is 19.4 Å². The number of anilines is 3. The van der Waals surface area contributed by atoms with Gasteiger partial charge in [-0.05, 0) is 36.4 Å². The molecule has 5 N–H and O–H groups in total. The Morgan fingerprint density at radius 2 is 1.91 bits per heavy atom. The van der Waals surface area contributed by atoms with E-state index in [4.69, 9.17) is 19.9 Å². The number of amides is 2. The second-order valence-corrected chi connectivity index (χ2v) is 7.68. The fraction of sp³-hybridized carbons (Fsp3) is 0.143. The van der Waals surface area contributed by atoms with E-state index in [0.717, 1.165) is 11.8 Å². The van der Waals surface area contributed by atoms with E-state index in [2.05, 4.69) is 20.6 Å². The summed E-state index contributed by atoms with van der Waals surface area (Å²) in [7, 11) is 1.52. The van der Waals surface area contributed by atoms with Crippen molar-refractivity contribution in [1.29, 1.82) is 0 Å². The van der Waals surface area contributed by atoms with Crippen LogP contribution in [0.5, 0.6) is 17.2 Å². The predicted molar refractivity (Wildman–Crippen MR) is 122 cm³/mol. The van der Waals surface area contributed by atoms with Crippen LogP contribution < -0.4 is 36.1 Å². The number of H-pyrrole nitrogens is 1. The zero-order chi connectivity index (χ0) is 23.4. The Morgan fingerprint density at radius 3 is 2.64 bits per heavy atom. The van der Waals surface area contributed by atoms with E-state index in [9.17, 15) is 14.4 Å². The molecule has 33 heavy (non-hydrogen) atoms. The molecule has 0 fully saturated rings. The summed E-state index contributed by atoms with van der Waals surface area (Å²) in [6, 6.07) is 11.4. The number of nitrogens with one attached hydrogen (secondary N) is 3. The summed E-state index contributed by atoms with van der Waals surface area (Å²) >= 11 is 0.988. The molecule has 0 aliphatic carbocycles. The summed E-state index contributed by atoms with van der Waals surface area (Å²) in [6.45, 7) is 0.138. The molecule has 4 rings (SSSR count). The molecular formula is C21H19N5O6S. The van der Waals surface area contributed by atoms with Gasteiger partial charge in [-0.15, -0.1) is 0 Å². The zero-order valence-corrected chi connectivity index (χ0v) is 18.2. The number of thioether (sulfide) groups is 1. The summed E-state index contributed by atoms with van der Waals surface area (Å²) in [6.07, 6.45) is 0. The third kappa shape index (κ3) is 5.18. The number of carbonyl (C=O) groups is 2. The van der Waals surface area contributed by atoms with E-state index < -0.39 is 11.5 Å². The van der Waals surface area contributed by atoms with Crippen LogP contribution in [0.4, 0.5) is 17.2 Å². The van der Waals surface area contributed by atoms with E-state index in [0.29, 0.717) is 28.5 Å². The molecule has 1 aliphatic rings. The fourth-order valence-corrected chi connectivity index (χ4v) is 3.56. The van der Waals surface area contributed by atoms with Crippen molar-refractivity contribution in [2.45, 2.75) is 5.16 Å². The molecular weight excluding hydrogens is 450 g/mol. The summed E-state index contributed by atoms with van der Waals surface area (Å²) in [5, 5.41) is 5.32. The Kier molecular flexibility index (Phi) is 6.36. The van der Waals surface area contributed by atoms with Gasteiger partial charge in [0.25, 0.3) is 11.5 Å². The minimum absolute atomic E-state index is 0.0334. The Balaban J connectivity index is 1.36. The van der Waals surface area contributed by atoms with Gasteiger partial charge in [-0.2, -0.15) is 0 Å². The SMILES string of the molecule is COc1ccc(C(=O)Nc2c(N)nc(SCC(=O)Nc3ccc4c(c3)OCO4)[nH]c2=O)cc1. The van der Waals surface area contributed by atoms with Crippen LogP contribution in [-0.2, 0) is 4.79 Å². The number of hydrogen-bond donors (Lipinski definition) is 4. The van der Waals surface area contributed by atoms with Gasteiger partial charge in [0, 0.05) is 17.3 Å². The molecule has 0 atom stereocenters. The highest BCUT2D eigenvalue weighted by atomic mass is 32.2. The lowest BCUT2D eigenvalue weighted by Crippen LogP contribution is -2.23. The Bertz CT molecular complexity index is 1260. The van der Waals surface area contributed by atoms with Gasteiger partial charge in [0.05, 0.1) is 12.9 Å². The molecule has 2 aromatic carbocycles. The normalized spacial score (nSPS) is 11.7. The summed E-state index contributed by atoms with van der Waals surface area (Å²) < 4.78 is 15.6. The fourth-order valence-electron chi connectivity index (χ4n) is 2.89. The summed E-state index contributed by atoms with van der Waals surface area (Å²) in [4.78, 5) is 43.6. The summed E-state index contributed by atoms with van der Waals surface area (Å²) in [5.41, 5.74) is 5.92. The minimum Gasteiger partial charge on any atom is -0.497 e. The third-order valence-electron chi connectivity index (χ3n) is 4.51. The summed E-state index contributed by atoms with van der Waals surface area (Å²) in [5.74, 6) is 0.699. The number of aromatic amines is 1. The number of nitrogen functional groups attached to an aromatic ring is 1. The topological polar surface area (TPSA) is 158 Å². The second kappa shape index (κ2) is 9.53. The molecule has 0 saturated heterocycles. The third-order valence-corrected chi connectivity index (χ3v) is 5.39. The lowest BCUT2D eigenvalue weighted by Gasteiger charge is -2.09. The first-order valence-corrected chi connectivity index (χ1v) is 10.6. The van der Waals surface area contributed by atoms with Crippen molar-refractivity contribution in [3.63, 3.8) is 0 Å². The van der Waals surface area contributed by atoms with Gasteiger partial charge in [-0.1, -0.05) is 11.8 Å². The smallest absolute Gasteiger partial charge is 0.277 e. The van der Waals surface area contributed by atoms with Gasteiger partial charge in [0.2, 0.25) is 12.7 Å². The van der Waals surface area contributed by atoms with Crippen molar-refractivity contribution in [2.24, 2.45) is 0 Å². The van der Waals surface area contributed by atoms with Crippen molar-refractivity contribution < 1.29 is 23.8 Å². The molecule has 2 heterocycles. The van der Waals surface area contributed by atoms with E-state index >= 15 is 0 Å². The number of rotatable bonds is 7. The molecule has 12 heteroatoms. The van der Waals surface area contributed by atoms with Crippen LogP contribution in [0.3, 0.4) is 0 Å². The van der Waals surface area contributed by atoms with Crippen molar-refractivity contribution in [2.75, 3.05) is 36.0 Å². The Hall–Kier alpha value is -4.19. The lowest BCUT2D eigenvalue weighted by atomic mass is 10.2. The van der Waals surface area contributed by atoms with Crippen LogP contribution in [-0.4, -0.2) is 41.4 Å². The van der Waals surface area contributed by atoms with Gasteiger partial charge in [0.15, 0.2) is 22.5 Å². The maximum Gasteiger partial charge on any atom is 0.277 e. The molecule has 0 unspecified atom stereocenters. The highest BCUT2D eigenvalue weighted by molar-refractivity contribution is 7.99. The molecule has 0 radical (unpaired) electrons. The number of nitrogens with two attached hydrogens (primary N) is 1. The highest BCUT2D eigenvalue weighted by Gasteiger charge is 2.16. The second-order valence-electron chi connectivity index (χ2n) is 6.72. The minimum atomic E-state index is -0.636. The first-order valence-electron chi connectivity index (χ1n) is 9.60. The highest BCUT2D eigenvalue weighted by Crippen LogP contribution is 2.34. The Labute approximate surface area is 191 Å². The quantitative estimate of drug-likeness (QED) is 0.300.